The molecule has 24 heavy (non-hydrogen) atoms. The Labute approximate surface area is 145 Å². The number of piperidine rings is 1. The third kappa shape index (κ3) is 4.05. The van der Waals surface area contributed by atoms with Crippen molar-refractivity contribution in [3.8, 4) is 0 Å². The number of fused-ring (bicyclic) bond motifs is 1. The van der Waals surface area contributed by atoms with E-state index in [2.05, 4.69) is 53.3 Å². The molecule has 2 aromatic rings. The molecule has 0 spiro atoms. The van der Waals surface area contributed by atoms with Crippen LogP contribution in [0.5, 0.6) is 0 Å². The highest BCUT2D eigenvalue weighted by atomic mass is 15.3. The molecule has 0 bridgehead atoms. The summed E-state index contributed by atoms with van der Waals surface area (Å²) in [5.74, 6) is 1.91. The lowest BCUT2D eigenvalue weighted by atomic mass is 10.00. The summed E-state index contributed by atoms with van der Waals surface area (Å²) < 4.78 is 0. The summed E-state index contributed by atoms with van der Waals surface area (Å²) in [5, 5.41) is 4.66. The van der Waals surface area contributed by atoms with E-state index >= 15 is 0 Å². The highest BCUT2D eigenvalue weighted by molar-refractivity contribution is 5.82. The van der Waals surface area contributed by atoms with Crippen LogP contribution >= 0.6 is 0 Å². The monoisotopic (exact) mass is 324 g/mol. The number of rotatable bonds is 4. The molecule has 1 aromatic carbocycles. The standard InChI is InChI=1S/C20H28N4/c1-3-21-20(24-14-10-16(2)11-15-24)23-13-9-18-7-4-6-17-8-5-12-22-19(17)18/h4-8,12,16H,3,9-11,13-15H2,1-2H3,(H,21,23). The molecule has 1 fully saturated rings. The summed E-state index contributed by atoms with van der Waals surface area (Å²) in [4.78, 5) is 11.8. The SMILES string of the molecule is CCNC(=NCCc1cccc2cccnc12)N1CCC(C)CC1. The van der Waals surface area contributed by atoms with E-state index in [1.165, 1.54) is 23.8 Å². The Bertz CT molecular complexity index is 682. The molecule has 1 N–H and O–H groups in total. The number of hydrogen-bond acceptors (Lipinski definition) is 2. The minimum Gasteiger partial charge on any atom is -0.357 e. The van der Waals surface area contributed by atoms with Crippen LogP contribution in [0.15, 0.2) is 41.5 Å². The van der Waals surface area contributed by atoms with Crippen LogP contribution in [0, 0.1) is 5.92 Å². The Hall–Kier alpha value is -2.10. The summed E-state index contributed by atoms with van der Waals surface area (Å²) in [6.45, 7) is 8.42. The zero-order chi connectivity index (χ0) is 16.8. The summed E-state index contributed by atoms with van der Waals surface area (Å²) >= 11 is 0. The first-order valence-electron chi connectivity index (χ1n) is 9.14. The summed E-state index contributed by atoms with van der Waals surface area (Å²) in [7, 11) is 0. The van der Waals surface area contributed by atoms with Crippen LogP contribution in [0.4, 0.5) is 0 Å². The second-order valence-corrected chi connectivity index (χ2v) is 6.65. The van der Waals surface area contributed by atoms with Gasteiger partial charge < -0.3 is 10.2 Å². The van der Waals surface area contributed by atoms with Crippen LogP contribution in [0.25, 0.3) is 10.9 Å². The normalized spacial score (nSPS) is 16.6. The van der Waals surface area contributed by atoms with E-state index in [-0.39, 0.29) is 0 Å². The van der Waals surface area contributed by atoms with Crippen molar-refractivity contribution < 1.29 is 0 Å². The fourth-order valence-electron chi connectivity index (χ4n) is 3.30. The number of likely N-dealkylation sites (tertiary alicyclic amines) is 1. The predicted molar refractivity (Wildman–Crippen MR) is 101 cm³/mol. The zero-order valence-corrected chi connectivity index (χ0v) is 14.8. The number of pyridine rings is 1. The molecule has 0 radical (unpaired) electrons. The Morgan fingerprint density at radius 3 is 2.83 bits per heavy atom. The Morgan fingerprint density at radius 1 is 1.25 bits per heavy atom. The van der Waals surface area contributed by atoms with Gasteiger partial charge in [-0.2, -0.15) is 0 Å². The summed E-state index contributed by atoms with van der Waals surface area (Å²) in [5.41, 5.74) is 2.38. The van der Waals surface area contributed by atoms with Crippen molar-refractivity contribution >= 4 is 16.9 Å². The Balaban J connectivity index is 1.68. The number of para-hydroxylation sites is 1. The molecule has 0 amide bonds. The van der Waals surface area contributed by atoms with Gasteiger partial charge in [0.05, 0.1) is 5.52 Å². The molecule has 1 aliphatic rings. The van der Waals surface area contributed by atoms with E-state index < -0.39 is 0 Å². The third-order valence-corrected chi connectivity index (χ3v) is 4.78. The molecular weight excluding hydrogens is 296 g/mol. The van der Waals surface area contributed by atoms with Gasteiger partial charge in [-0.15, -0.1) is 0 Å². The number of benzene rings is 1. The number of nitrogens with zero attached hydrogens (tertiary/aromatic N) is 3. The average molecular weight is 324 g/mol. The Kier molecular flexibility index (Phi) is 5.68. The number of aromatic nitrogens is 1. The van der Waals surface area contributed by atoms with Gasteiger partial charge in [0.25, 0.3) is 0 Å². The number of hydrogen-bond donors (Lipinski definition) is 1. The van der Waals surface area contributed by atoms with Gasteiger partial charge >= 0.3 is 0 Å². The molecule has 0 aliphatic carbocycles. The third-order valence-electron chi connectivity index (χ3n) is 4.78. The van der Waals surface area contributed by atoms with Gasteiger partial charge in [0.15, 0.2) is 5.96 Å². The average Bonchev–Trinajstić information content (AvgIpc) is 2.62. The van der Waals surface area contributed by atoms with Crippen LogP contribution in [-0.4, -0.2) is 42.0 Å². The van der Waals surface area contributed by atoms with Crippen molar-refractivity contribution in [2.45, 2.75) is 33.1 Å². The number of guanidine groups is 1. The predicted octanol–water partition coefficient (Wildman–Crippen LogP) is 3.47. The second kappa shape index (κ2) is 8.13. The largest absolute Gasteiger partial charge is 0.357 e. The minimum atomic E-state index is 0.796. The van der Waals surface area contributed by atoms with E-state index in [1.807, 2.05) is 12.3 Å². The first-order valence-corrected chi connectivity index (χ1v) is 9.14. The number of aliphatic imine (C=N–C) groups is 1. The van der Waals surface area contributed by atoms with Crippen LogP contribution in [-0.2, 0) is 6.42 Å². The van der Waals surface area contributed by atoms with Crippen molar-refractivity contribution in [3.63, 3.8) is 0 Å². The molecule has 3 rings (SSSR count). The van der Waals surface area contributed by atoms with E-state index in [1.54, 1.807) is 0 Å². The maximum absolute atomic E-state index is 4.87. The fourth-order valence-corrected chi connectivity index (χ4v) is 3.30. The molecule has 0 atom stereocenters. The summed E-state index contributed by atoms with van der Waals surface area (Å²) in [6, 6.07) is 10.5. The summed E-state index contributed by atoms with van der Waals surface area (Å²) in [6.07, 6.45) is 5.32. The molecule has 2 heterocycles. The van der Waals surface area contributed by atoms with Crippen molar-refractivity contribution in [2.75, 3.05) is 26.2 Å². The molecule has 0 saturated carbocycles. The van der Waals surface area contributed by atoms with Gasteiger partial charge in [-0.25, -0.2) is 0 Å². The molecule has 4 nitrogen and oxygen atoms in total. The Morgan fingerprint density at radius 2 is 2.04 bits per heavy atom. The maximum atomic E-state index is 4.87. The topological polar surface area (TPSA) is 40.5 Å². The van der Waals surface area contributed by atoms with Crippen LogP contribution in [0.2, 0.25) is 0 Å². The van der Waals surface area contributed by atoms with E-state index in [4.69, 9.17) is 4.99 Å². The highest BCUT2D eigenvalue weighted by Crippen LogP contribution is 2.17. The van der Waals surface area contributed by atoms with Gasteiger partial charge in [0.1, 0.15) is 0 Å². The van der Waals surface area contributed by atoms with Crippen molar-refractivity contribution in [3.05, 3.63) is 42.1 Å². The van der Waals surface area contributed by atoms with Crippen LogP contribution < -0.4 is 5.32 Å². The van der Waals surface area contributed by atoms with Crippen LogP contribution in [0.3, 0.4) is 0 Å². The minimum absolute atomic E-state index is 0.796. The molecule has 1 aliphatic heterocycles. The molecule has 4 heteroatoms. The van der Waals surface area contributed by atoms with Crippen LogP contribution in [0.1, 0.15) is 32.3 Å². The molecular formula is C20H28N4. The first-order chi connectivity index (χ1) is 11.8. The van der Waals surface area contributed by atoms with E-state index in [9.17, 15) is 0 Å². The zero-order valence-electron chi connectivity index (χ0n) is 14.8. The first kappa shape index (κ1) is 16.7. The maximum Gasteiger partial charge on any atom is 0.193 e. The van der Waals surface area contributed by atoms with E-state index in [0.717, 1.165) is 50.0 Å². The van der Waals surface area contributed by atoms with Gasteiger partial charge in [-0.05, 0) is 43.7 Å². The van der Waals surface area contributed by atoms with Gasteiger partial charge in [-0.3, -0.25) is 9.98 Å². The molecule has 128 valence electrons. The van der Waals surface area contributed by atoms with Crippen molar-refractivity contribution in [2.24, 2.45) is 10.9 Å². The molecule has 0 unspecified atom stereocenters. The second-order valence-electron chi connectivity index (χ2n) is 6.65. The molecule has 1 saturated heterocycles. The lowest BCUT2D eigenvalue weighted by Gasteiger charge is -2.33. The highest BCUT2D eigenvalue weighted by Gasteiger charge is 2.18. The van der Waals surface area contributed by atoms with Gasteiger partial charge in [0, 0.05) is 37.8 Å². The smallest absolute Gasteiger partial charge is 0.193 e. The van der Waals surface area contributed by atoms with Gasteiger partial charge in [-0.1, -0.05) is 31.2 Å². The van der Waals surface area contributed by atoms with Crippen molar-refractivity contribution in [1.82, 2.24) is 15.2 Å². The lowest BCUT2D eigenvalue weighted by molar-refractivity contribution is 0.273. The fraction of sp³-hybridized carbons (Fsp3) is 0.500. The van der Waals surface area contributed by atoms with Gasteiger partial charge in [0.2, 0.25) is 0 Å². The van der Waals surface area contributed by atoms with Crippen molar-refractivity contribution in [1.29, 1.82) is 0 Å². The number of nitrogens with one attached hydrogen (secondary N) is 1. The lowest BCUT2D eigenvalue weighted by Crippen LogP contribution is -2.45. The van der Waals surface area contributed by atoms with E-state index in [0.29, 0.717) is 0 Å². The molecule has 1 aromatic heterocycles. The quantitative estimate of drug-likeness (QED) is 0.691.